The summed E-state index contributed by atoms with van der Waals surface area (Å²) in [7, 11) is 0. The van der Waals surface area contributed by atoms with Gasteiger partial charge in [0.1, 0.15) is 11.3 Å². The molecule has 1 N–H and O–H groups in total. The lowest BCUT2D eigenvalue weighted by molar-refractivity contribution is 0.0692. The molecular weight excluding hydrogens is 204 g/mol. The molecule has 0 aliphatic rings. The van der Waals surface area contributed by atoms with E-state index in [4.69, 9.17) is 9.84 Å². The number of para-hydroxylation sites is 1. The number of hydrogen-bond acceptors (Lipinski definition) is 2. The monoisotopic (exact) mass is 220 g/mol. The van der Waals surface area contributed by atoms with Crippen LogP contribution in [0.15, 0.2) is 30.4 Å². The van der Waals surface area contributed by atoms with Gasteiger partial charge in [0.2, 0.25) is 0 Å². The third-order valence-corrected chi connectivity index (χ3v) is 2.22. The number of carbonyl (C=O) groups is 1. The van der Waals surface area contributed by atoms with Crippen molar-refractivity contribution in [3.8, 4) is 5.75 Å². The zero-order chi connectivity index (χ0) is 12.1. The zero-order valence-electron chi connectivity index (χ0n) is 9.62. The summed E-state index contributed by atoms with van der Waals surface area (Å²) < 4.78 is 5.50. The molecule has 0 spiro atoms. The molecule has 0 fully saturated rings. The Labute approximate surface area is 95.4 Å². The van der Waals surface area contributed by atoms with Crippen LogP contribution in [-0.2, 0) is 0 Å². The van der Waals surface area contributed by atoms with Crippen molar-refractivity contribution in [1.82, 2.24) is 0 Å². The third-order valence-electron chi connectivity index (χ3n) is 2.22. The van der Waals surface area contributed by atoms with Crippen molar-refractivity contribution < 1.29 is 14.6 Å². The molecule has 0 aromatic heterocycles. The Kier molecular flexibility index (Phi) is 4.11. The maximum atomic E-state index is 11.0. The maximum absolute atomic E-state index is 11.0. The molecule has 0 heterocycles. The second-order valence-electron chi connectivity index (χ2n) is 3.81. The van der Waals surface area contributed by atoms with E-state index < -0.39 is 5.97 Å². The Morgan fingerprint density at radius 3 is 2.75 bits per heavy atom. The minimum Gasteiger partial charge on any atom is -0.492 e. The van der Waals surface area contributed by atoms with E-state index in [1.807, 2.05) is 19.9 Å². The molecule has 3 heteroatoms. The quantitative estimate of drug-likeness (QED) is 0.776. The number of benzene rings is 1. The fourth-order valence-electron chi connectivity index (χ4n) is 1.34. The number of rotatable bonds is 5. The molecule has 0 unspecified atom stereocenters. The fraction of sp³-hybridized carbons (Fsp3) is 0.308. The van der Waals surface area contributed by atoms with Crippen LogP contribution in [0, 0.1) is 6.92 Å². The van der Waals surface area contributed by atoms with E-state index in [9.17, 15) is 4.79 Å². The van der Waals surface area contributed by atoms with E-state index in [1.54, 1.807) is 12.1 Å². The molecule has 0 aliphatic carbocycles. The van der Waals surface area contributed by atoms with Crippen molar-refractivity contribution in [2.75, 3.05) is 6.61 Å². The molecule has 3 nitrogen and oxygen atoms in total. The standard InChI is InChI=1S/C13H16O3/c1-9(2)7-8-16-12-10(3)5-4-6-11(12)13(14)15/h4-6H,1,7-8H2,2-3H3,(H,14,15). The number of carboxylic acid groups (broad SMARTS) is 1. The molecule has 0 saturated carbocycles. The van der Waals surface area contributed by atoms with Crippen LogP contribution in [0.4, 0.5) is 0 Å². The lowest BCUT2D eigenvalue weighted by Crippen LogP contribution is -2.06. The van der Waals surface area contributed by atoms with Gasteiger partial charge in [-0.15, -0.1) is 6.58 Å². The van der Waals surface area contributed by atoms with Crippen LogP contribution in [0.5, 0.6) is 5.75 Å². The molecule has 0 amide bonds. The summed E-state index contributed by atoms with van der Waals surface area (Å²) >= 11 is 0. The average molecular weight is 220 g/mol. The Balaban J connectivity index is 2.84. The van der Waals surface area contributed by atoms with Gasteiger partial charge < -0.3 is 9.84 Å². The fourth-order valence-corrected chi connectivity index (χ4v) is 1.34. The molecule has 0 radical (unpaired) electrons. The van der Waals surface area contributed by atoms with Gasteiger partial charge in [-0.2, -0.15) is 0 Å². The highest BCUT2D eigenvalue weighted by molar-refractivity contribution is 5.91. The van der Waals surface area contributed by atoms with Gasteiger partial charge in [0.15, 0.2) is 0 Å². The lowest BCUT2D eigenvalue weighted by atomic mass is 10.1. The van der Waals surface area contributed by atoms with Gasteiger partial charge in [0.25, 0.3) is 0 Å². The van der Waals surface area contributed by atoms with Gasteiger partial charge in [-0.1, -0.05) is 17.7 Å². The van der Waals surface area contributed by atoms with Gasteiger partial charge in [-0.05, 0) is 25.5 Å². The van der Waals surface area contributed by atoms with Crippen molar-refractivity contribution in [1.29, 1.82) is 0 Å². The molecular formula is C13H16O3. The van der Waals surface area contributed by atoms with E-state index >= 15 is 0 Å². The van der Waals surface area contributed by atoms with Gasteiger partial charge in [0.05, 0.1) is 6.61 Å². The first-order valence-corrected chi connectivity index (χ1v) is 5.12. The van der Waals surface area contributed by atoms with E-state index in [1.165, 1.54) is 0 Å². The molecule has 0 aliphatic heterocycles. The summed E-state index contributed by atoms with van der Waals surface area (Å²) in [5.74, 6) is -0.509. The Morgan fingerprint density at radius 2 is 2.19 bits per heavy atom. The molecule has 0 bridgehead atoms. The van der Waals surface area contributed by atoms with E-state index in [0.717, 1.165) is 17.6 Å². The molecule has 86 valence electrons. The SMILES string of the molecule is C=C(C)CCOc1c(C)cccc1C(=O)O. The van der Waals surface area contributed by atoms with Gasteiger partial charge in [-0.25, -0.2) is 4.79 Å². The van der Waals surface area contributed by atoms with Crippen molar-refractivity contribution in [2.24, 2.45) is 0 Å². The third kappa shape index (κ3) is 3.12. The topological polar surface area (TPSA) is 46.5 Å². The first-order chi connectivity index (χ1) is 7.52. The highest BCUT2D eigenvalue weighted by Gasteiger charge is 2.12. The minimum atomic E-state index is -0.964. The largest absolute Gasteiger partial charge is 0.492 e. The smallest absolute Gasteiger partial charge is 0.339 e. The maximum Gasteiger partial charge on any atom is 0.339 e. The second kappa shape index (κ2) is 5.35. The van der Waals surface area contributed by atoms with E-state index in [2.05, 4.69) is 6.58 Å². The van der Waals surface area contributed by atoms with Crippen LogP contribution in [-0.4, -0.2) is 17.7 Å². The van der Waals surface area contributed by atoms with Crippen molar-refractivity contribution in [3.63, 3.8) is 0 Å². The molecule has 16 heavy (non-hydrogen) atoms. The Morgan fingerprint density at radius 1 is 1.50 bits per heavy atom. The zero-order valence-corrected chi connectivity index (χ0v) is 9.62. The molecule has 1 aromatic carbocycles. The van der Waals surface area contributed by atoms with E-state index in [0.29, 0.717) is 12.4 Å². The van der Waals surface area contributed by atoms with Gasteiger partial charge in [-0.3, -0.25) is 0 Å². The van der Waals surface area contributed by atoms with Crippen molar-refractivity contribution in [3.05, 3.63) is 41.5 Å². The van der Waals surface area contributed by atoms with Crippen molar-refractivity contribution >= 4 is 5.97 Å². The van der Waals surface area contributed by atoms with Crippen LogP contribution in [0.2, 0.25) is 0 Å². The highest BCUT2D eigenvalue weighted by Crippen LogP contribution is 2.23. The average Bonchev–Trinajstić information content (AvgIpc) is 2.19. The van der Waals surface area contributed by atoms with Gasteiger partial charge >= 0.3 is 5.97 Å². The lowest BCUT2D eigenvalue weighted by Gasteiger charge is -2.11. The van der Waals surface area contributed by atoms with Crippen LogP contribution >= 0.6 is 0 Å². The summed E-state index contributed by atoms with van der Waals surface area (Å²) in [4.78, 5) is 11.0. The van der Waals surface area contributed by atoms with Crippen LogP contribution in [0.1, 0.15) is 29.3 Å². The normalized spacial score (nSPS) is 9.88. The summed E-state index contributed by atoms with van der Waals surface area (Å²) in [6.07, 6.45) is 0.730. The summed E-state index contributed by atoms with van der Waals surface area (Å²) in [5.41, 5.74) is 2.06. The summed E-state index contributed by atoms with van der Waals surface area (Å²) in [6, 6.07) is 5.10. The number of hydrogen-bond donors (Lipinski definition) is 1. The molecule has 0 atom stereocenters. The number of aromatic carboxylic acids is 1. The van der Waals surface area contributed by atoms with Crippen molar-refractivity contribution in [2.45, 2.75) is 20.3 Å². The predicted octanol–water partition coefficient (Wildman–Crippen LogP) is 3.04. The van der Waals surface area contributed by atoms with Crippen LogP contribution in [0.25, 0.3) is 0 Å². The number of aryl methyl sites for hydroxylation is 1. The molecule has 0 saturated heterocycles. The van der Waals surface area contributed by atoms with E-state index in [-0.39, 0.29) is 5.56 Å². The summed E-state index contributed by atoms with van der Waals surface area (Å²) in [6.45, 7) is 7.98. The summed E-state index contributed by atoms with van der Waals surface area (Å²) in [5, 5.41) is 9.00. The van der Waals surface area contributed by atoms with Crippen LogP contribution < -0.4 is 4.74 Å². The van der Waals surface area contributed by atoms with Crippen LogP contribution in [0.3, 0.4) is 0 Å². The highest BCUT2D eigenvalue weighted by atomic mass is 16.5. The Hall–Kier alpha value is -1.77. The minimum absolute atomic E-state index is 0.210. The Bertz CT molecular complexity index is 408. The second-order valence-corrected chi connectivity index (χ2v) is 3.81. The predicted molar refractivity (Wildman–Crippen MR) is 63.1 cm³/mol. The van der Waals surface area contributed by atoms with Gasteiger partial charge in [0, 0.05) is 6.42 Å². The first kappa shape index (κ1) is 12.3. The number of carboxylic acids is 1. The molecule has 1 rings (SSSR count). The number of ether oxygens (including phenoxy) is 1. The molecule has 1 aromatic rings. The first-order valence-electron chi connectivity index (χ1n) is 5.12.